The van der Waals surface area contributed by atoms with Gasteiger partial charge in [-0.3, -0.25) is 9.89 Å². The van der Waals surface area contributed by atoms with Crippen molar-refractivity contribution in [2.45, 2.75) is 39.0 Å². The van der Waals surface area contributed by atoms with Crippen LogP contribution in [0.15, 0.2) is 23.5 Å². The molecule has 2 heterocycles. The van der Waals surface area contributed by atoms with Crippen molar-refractivity contribution in [3.63, 3.8) is 0 Å². The number of nitrogens with zero attached hydrogens (tertiary/aromatic N) is 5. The molecule has 1 aliphatic carbocycles. The van der Waals surface area contributed by atoms with Crippen LogP contribution in [-0.2, 0) is 4.74 Å². The highest BCUT2D eigenvalue weighted by Crippen LogP contribution is 2.44. The lowest BCUT2D eigenvalue weighted by Crippen LogP contribution is -2.47. The third kappa shape index (κ3) is 8.34. The molecule has 0 amide bonds. The van der Waals surface area contributed by atoms with Crippen LogP contribution >= 0.6 is 24.0 Å². The lowest BCUT2D eigenvalue weighted by Gasteiger charge is -2.40. The summed E-state index contributed by atoms with van der Waals surface area (Å²) in [4.78, 5) is 18.4. The first-order valence-corrected chi connectivity index (χ1v) is 11.5. The fourth-order valence-electron chi connectivity index (χ4n) is 4.21. The molecule has 1 aromatic heterocycles. The number of aliphatic imine (C=N–C) groups is 1. The van der Waals surface area contributed by atoms with Crippen LogP contribution in [-0.4, -0.2) is 86.9 Å². The largest absolute Gasteiger partial charge is 0.385 e. The number of halogens is 1. The minimum Gasteiger partial charge on any atom is -0.385 e. The molecular weight excluding hydrogens is 505 g/mol. The summed E-state index contributed by atoms with van der Waals surface area (Å²) < 4.78 is 5.30. The zero-order valence-electron chi connectivity index (χ0n) is 19.2. The van der Waals surface area contributed by atoms with Crippen molar-refractivity contribution in [3.8, 4) is 0 Å². The molecule has 0 bridgehead atoms. The van der Waals surface area contributed by atoms with Gasteiger partial charge in [-0.1, -0.05) is 6.42 Å². The Hall–Kier alpha value is -1.20. The summed E-state index contributed by atoms with van der Waals surface area (Å²) in [6, 6.07) is 1.86. The van der Waals surface area contributed by atoms with Crippen molar-refractivity contribution in [1.29, 1.82) is 0 Å². The smallest absolute Gasteiger partial charge is 0.225 e. The summed E-state index contributed by atoms with van der Waals surface area (Å²) in [5.41, 5.74) is 0.362. The molecule has 0 atom stereocenters. The van der Waals surface area contributed by atoms with E-state index >= 15 is 0 Å². The van der Waals surface area contributed by atoms with Gasteiger partial charge in [-0.25, -0.2) is 9.97 Å². The van der Waals surface area contributed by atoms with E-state index in [1.807, 2.05) is 18.5 Å². The molecule has 0 spiro atoms. The van der Waals surface area contributed by atoms with Crippen LogP contribution in [0, 0.1) is 5.41 Å². The van der Waals surface area contributed by atoms with Crippen molar-refractivity contribution in [2.24, 2.45) is 10.4 Å². The number of hydrogen-bond acceptors (Lipinski definition) is 6. The molecule has 3 rings (SSSR count). The number of nitrogens with one attached hydrogen (secondary N) is 2. The summed E-state index contributed by atoms with van der Waals surface area (Å²) in [6.07, 6.45) is 9.74. The number of anilines is 1. The van der Waals surface area contributed by atoms with Gasteiger partial charge in [0.05, 0.1) is 0 Å². The Morgan fingerprint density at radius 3 is 2.52 bits per heavy atom. The maximum absolute atomic E-state index is 5.30. The lowest BCUT2D eigenvalue weighted by molar-refractivity contribution is 0.0778. The minimum absolute atomic E-state index is 0. The fourth-order valence-corrected chi connectivity index (χ4v) is 4.21. The van der Waals surface area contributed by atoms with E-state index in [1.165, 1.54) is 19.3 Å². The van der Waals surface area contributed by atoms with Gasteiger partial charge in [0.2, 0.25) is 5.95 Å². The van der Waals surface area contributed by atoms with Gasteiger partial charge in [0.25, 0.3) is 0 Å². The van der Waals surface area contributed by atoms with Crippen molar-refractivity contribution in [2.75, 3.05) is 71.0 Å². The number of rotatable bonds is 11. The van der Waals surface area contributed by atoms with E-state index in [0.717, 1.165) is 83.7 Å². The SMILES string of the molecule is CCNC(=NCC1(CCOC)CCC1)NCCCN1CCN(c2ncccn2)CC1.I. The summed E-state index contributed by atoms with van der Waals surface area (Å²) in [5.74, 6) is 1.80. The average molecular weight is 546 g/mol. The molecule has 1 saturated carbocycles. The fraction of sp³-hybridized carbons (Fsp3) is 0.773. The van der Waals surface area contributed by atoms with E-state index in [0.29, 0.717) is 5.41 Å². The van der Waals surface area contributed by atoms with Crippen molar-refractivity contribution < 1.29 is 4.74 Å². The van der Waals surface area contributed by atoms with Crippen molar-refractivity contribution >= 4 is 35.9 Å². The van der Waals surface area contributed by atoms with Crippen LogP contribution in [0.5, 0.6) is 0 Å². The first-order chi connectivity index (χ1) is 14.7. The van der Waals surface area contributed by atoms with Crippen molar-refractivity contribution in [3.05, 3.63) is 18.5 Å². The Bertz CT molecular complexity index is 634. The molecule has 31 heavy (non-hydrogen) atoms. The van der Waals surface area contributed by atoms with Crippen molar-refractivity contribution in [1.82, 2.24) is 25.5 Å². The number of piperazine rings is 1. The number of guanidine groups is 1. The van der Waals surface area contributed by atoms with Gasteiger partial charge in [-0.05, 0) is 50.6 Å². The third-order valence-electron chi connectivity index (χ3n) is 6.32. The molecule has 0 aromatic carbocycles. The van der Waals surface area contributed by atoms with Gasteiger partial charge in [-0.15, -0.1) is 24.0 Å². The molecule has 8 nitrogen and oxygen atoms in total. The number of methoxy groups -OCH3 is 1. The van der Waals surface area contributed by atoms with Gasteiger partial charge >= 0.3 is 0 Å². The quantitative estimate of drug-likeness (QED) is 0.191. The van der Waals surface area contributed by atoms with Crippen LogP contribution in [0.25, 0.3) is 0 Å². The average Bonchev–Trinajstić information content (AvgIpc) is 2.76. The Balaban J connectivity index is 0.00000341. The molecule has 2 N–H and O–H groups in total. The van der Waals surface area contributed by atoms with Crippen LogP contribution < -0.4 is 15.5 Å². The summed E-state index contributed by atoms with van der Waals surface area (Å²) in [6.45, 7) is 10.9. The first kappa shape index (κ1) is 26.1. The number of hydrogen-bond donors (Lipinski definition) is 2. The van der Waals surface area contributed by atoms with Gasteiger partial charge in [0, 0.05) is 71.9 Å². The highest BCUT2D eigenvalue weighted by Gasteiger charge is 2.36. The summed E-state index contributed by atoms with van der Waals surface area (Å²) >= 11 is 0. The zero-order chi connectivity index (χ0) is 21.1. The molecule has 2 fully saturated rings. The minimum atomic E-state index is 0. The van der Waals surface area contributed by atoms with Gasteiger partial charge in [0.15, 0.2) is 5.96 Å². The number of aromatic nitrogens is 2. The molecule has 9 heteroatoms. The third-order valence-corrected chi connectivity index (χ3v) is 6.32. The molecule has 1 aromatic rings. The Morgan fingerprint density at radius 2 is 1.90 bits per heavy atom. The van der Waals surface area contributed by atoms with Crippen LogP contribution in [0.4, 0.5) is 5.95 Å². The van der Waals surface area contributed by atoms with E-state index < -0.39 is 0 Å². The lowest BCUT2D eigenvalue weighted by atomic mass is 9.67. The van der Waals surface area contributed by atoms with E-state index in [2.05, 4.69) is 37.3 Å². The normalized spacial score (nSPS) is 18.8. The van der Waals surface area contributed by atoms with Crippen LogP contribution in [0.1, 0.15) is 39.0 Å². The van der Waals surface area contributed by atoms with E-state index in [9.17, 15) is 0 Å². The molecule has 1 saturated heterocycles. The molecule has 2 aliphatic rings. The monoisotopic (exact) mass is 545 g/mol. The highest BCUT2D eigenvalue weighted by molar-refractivity contribution is 14.0. The van der Waals surface area contributed by atoms with Crippen LogP contribution in [0.2, 0.25) is 0 Å². The summed E-state index contributed by atoms with van der Waals surface area (Å²) in [5, 5.41) is 6.92. The predicted molar refractivity (Wildman–Crippen MR) is 137 cm³/mol. The second-order valence-corrected chi connectivity index (χ2v) is 8.45. The van der Waals surface area contributed by atoms with Gasteiger partial charge in [0.1, 0.15) is 0 Å². The van der Waals surface area contributed by atoms with E-state index in [-0.39, 0.29) is 24.0 Å². The Morgan fingerprint density at radius 1 is 1.16 bits per heavy atom. The second kappa shape index (κ2) is 14.1. The second-order valence-electron chi connectivity index (χ2n) is 8.45. The predicted octanol–water partition coefficient (Wildman–Crippen LogP) is 2.37. The number of ether oxygens (including phenoxy) is 1. The standard InChI is InChI=1S/C22H39N7O.HI/c1-3-23-20(27-19-22(7-4-8-22)9-18-30-2)24-12-6-13-28-14-16-29(17-15-28)21-25-10-5-11-26-21;/h5,10-11H,3-4,6-9,12-19H2,1-2H3,(H2,23,24,27);1H. The van der Waals surface area contributed by atoms with E-state index in [1.54, 1.807) is 7.11 Å². The molecule has 0 radical (unpaired) electrons. The Labute approximate surface area is 204 Å². The molecule has 176 valence electrons. The maximum atomic E-state index is 5.30. The van der Waals surface area contributed by atoms with Gasteiger partial charge in [-0.2, -0.15) is 0 Å². The highest BCUT2D eigenvalue weighted by atomic mass is 127. The Kier molecular flexibility index (Phi) is 11.8. The zero-order valence-corrected chi connectivity index (χ0v) is 21.5. The summed E-state index contributed by atoms with van der Waals surface area (Å²) in [7, 11) is 1.79. The van der Waals surface area contributed by atoms with Crippen LogP contribution in [0.3, 0.4) is 0 Å². The first-order valence-electron chi connectivity index (χ1n) is 11.5. The molecular formula is C22H40IN7O. The van der Waals surface area contributed by atoms with Gasteiger partial charge < -0.3 is 20.3 Å². The van der Waals surface area contributed by atoms with E-state index in [4.69, 9.17) is 9.73 Å². The maximum Gasteiger partial charge on any atom is 0.225 e. The topological polar surface area (TPSA) is 77.9 Å². The molecule has 1 aliphatic heterocycles. The molecule has 0 unspecified atom stereocenters.